The fourth-order valence-electron chi connectivity index (χ4n) is 3.06. The standard InChI is InChI=1S/C17H19F2N3O/c1-2-4-16-15-5-3-8-21(15)9-10-22(16)17(23)20-14-7-6-12(18)11-13(14)19/h3,5-8,11,16H,2,4,9-10H2,1H3,(H,20,23). The Balaban J connectivity index is 1.81. The second kappa shape index (κ2) is 6.40. The van der Waals surface area contributed by atoms with Gasteiger partial charge in [0.05, 0.1) is 11.7 Å². The minimum absolute atomic E-state index is 0.00685. The SMILES string of the molecule is CCCC1c2cccn2CCN1C(=O)Nc1ccc(F)cc1F. The molecule has 1 atom stereocenters. The summed E-state index contributed by atoms with van der Waals surface area (Å²) >= 11 is 0. The number of benzene rings is 1. The molecule has 0 bridgehead atoms. The highest BCUT2D eigenvalue weighted by molar-refractivity contribution is 5.89. The number of hydrogen-bond donors (Lipinski definition) is 1. The van der Waals surface area contributed by atoms with Crippen LogP contribution in [0.1, 0.15) is 31.5 Å². The van der Waals surface area contributed by atoms with Crippen molar-refractivity contribution in [2.24, 2.45) is 0 Å². The molecule has 0 saturated heterocycles. The van der Waals surface area contributed by atoms with Crippen LogP contribution in [0.4, 0.5) is 19.3 Å². The lowest BCUT2D eigenvalue weighted by atomic mass is 10.0. The highest BCUT2D eigenvalue weighted by atomic mass is 19.1. The van der Waals surface area contributed by atoms with Crippen LogP contribution >= 0.6 is 0 Å². The molecule has 1 N–H and O–H groups in total. The van der Waals surface area contributed by atoms with Crippen LogP contribution in [0, 0.1) is 11.6 Å². The maximum absolute atomic E-state index is 13.7. The summed E-state index contributed by atoms with van der Waals surface area (Å²) in [4.78, 5) is 14.3. The zero-order valence-corrected chi connectivity index (χ0v) is 12.9. The first-order chi connectivity index (χ1) is 11.1. The Kier molecular flexibility index (Phi) is 4.32. The van der Waals surface area contributed by atoms with Gasteiger partial charge in [0.25, 0.3) is 0 Å². The quantitative estimate of drug-likeness (QED) is 0.906. The van der Waals surface area contributed by atoms with Gasteiger partial charge >= 0.3 is 6.03 Å². The molecule has 1 aliphatic rings. The summed E-state index contributed by atoms with van der Waals surface area (Å²) in [5.41, 5.74) is 1.08. The van der Waals surface area contributed by atoms with Crippen LogP contribution in [0.2, 0.25) is 0 Å². The zero-order chi connectivity index (χ0) is 16.4. The van der Waals surface area contributed by atoms with Crippen molar-refractivity contribution < 1.29 is 13.6 Å². The van der Waals surface area contributed by atoms with Gasteiger partial charge in [0, 0.05) is 31.0 Å². The van der Waals surface area contributed by atoms with E-state index in [0.29, 0.717) is 13.1 Å². The largest absolute Gasteiger partial charge is 0.348 e. The molecular weight excluding hydrogens is 300 g/mol. The molecule has 4 nitrogen and oxygen atoms in total. The van der Waals surface area contributed by atoms with E-state index in [1.54, 1.807) is 4.90 Å². The van der Waals surface area contributed by atoms with Gasteiger partial charge in [0.2, 0.25) is 0 Å². The maximum atomic E-state index is 13.7. The van der Waals surface area contributed by atoms with Crippen LogP contribution in [0.25, 0.3) is 0 Å². The first-order valence-electron chi connectivity index (χ1n) is 7.78. The van der Waals surface area contributed by atoms with E-state index < -0.39 is 11.6 Å². The van der Waals surface area contributed by atoms with Crippen molar-refractivity contribution in [2.45, 2.75) is 32.4 Å². The maximum Gasteiger partial charge on any atom is 0.322 e. The van der Waals surface area contributed by atoms with Crippen molar-refractivity contribution in [3.05, 3.63) is 53.9 Å². The van der Waals surface area contributed by atoms with Gasteiger partial charge in [-0.1, -0.05) is 13.3 Å². The number of nitrogens with zero attached hydrogens (tertiary/aromatic N) is 2. The predicted octanol–water partition coefficient (Wildman–Crippen LogP) is 4.16. The molecular formula is C17H19F2N3O. The van der Waals surface area contributed by atoms with Gasteiger partial charge in [-0.25, -0.2) is 13.6 Å². The third-order valence-electron chi connectivity index (χ3n) is 4.16. The molecule has 0 aliphatic carbocycles. The van der Waals surface area contributed by atoms with E-state index in [1.807, 2.05) is 18.3 Å². The highest BCUT2D eigenvalue weighted by Crippen LogP contribution is 2.30. The Hall–Kier alpha value is -2.37. The number of carbonyl (C=O) groups is 1. The molecule has 0 radical (unpaired) electrons. The van der Waals surface area contributed by atoms with Gasteiger partial charge in [-0.3, -0.25) is 0 Å². The van der Waals surface area contributed by atoms with Crippen molar-refractivity contribution in [2.75, 3.05) is 11.9 Å². The Morgan fingerprint density at radius 1 is 1.30 bits per heavy atom. The molecule has 0 fully saturated rings. The second-order valence-corrected chi connectivity index (χ2v) is 5.68. The summed E-state index contributed by atoms with van der Waals surface area (Å²) in [5.74, 6) is -1.44. The number of anilines is 1. The van der Waals surface area contributed by atoms with E-state index >= 15 is 0 Å². The molecule has 2 aromatic rings. The van der Waals surface area contributed by atoms with Crippen LogP contribution < -0.4 is 5.32 Å². The van der Waals surface area contributed by atoms with Crippen molar-refractivity contribution in [1.29, 1.82) is 0 Å². The summed E-state index contributed by atoms with van der Waals surface area (Å²) in [6.07, 6.45) is 3.78. The Morgan fingerprint density at radius 2 is 2.13 bits per heavy atom. The number of nitrogens with one attached hydrogen (secondary N) is 1. The van der Waals surface area contributed by atoms with Gasteiger partial charge in [-0.15, -0.1) is 0 Å². The average molecular weight is 319 g/mol. The molecule has 1 aromatic carbocycles. The minimum Gasteiger partial charge on any atom is -0.348 e. The summed E-state index contributed by atoms with van der Waals surface area (Å²) in [6, 6.07) is 6.72. The molecule has 0 saturated carbocycles. The fourth-order valence-corrected chi connectivity index (χ4v) is 3.06. The summed E-state index contributed by atoms with van der Waals surface area (Å²) in [7, 11) is 0. The van der Waals surface area contributed by atoms with Crippen LogP contribution in [-0.4, -0.2) is 22.0 Å². The van der Waals surface area contributed by atoms with E-state index in [0.717, 1.165) is 30.7 Å². The lowest BCUT2D eigenvalue weighted by molar-refractivity contribution is 0.163. The van der Waals surface area contributed by atoms with Crippen molar-refractivity contribution >= 4 is 11.7 Å². The van der Waals surface area contributed by atoms with E-state index in [2.05, 4.69) is 16.8 Å². The van der Waals surface area contributed by atoms with Crippen molar-refractivity contribution in [3.8, 4) is 0 Å². The van der Waals surface area contributed by atoms with Crippen molar-refractivity contribution in [3.63, 3.8) is 0 Å². The lowest BCUT2D eigenvalue weighted by Gasteiger charge is -2.37. The van der Waals surface area contributed by atoms with Gasteiger partial charge in [0.1, 0.15) is 11.6 Å². The fraction of sp³-hybridized carbons (Fsp3) is 0.353. The van der Waals surface area contributed by atoms with E-state index in [-0.39, 0.29) is 17.8 Å². The van der Waals surface area contributed by atoms with E-state index in [4.69, 9.17) is 0 Å². The number of fused-ring (bicyclic) bond motifs is 1. The van der Waals surface area contributed by atoms with Crippen LogP contribution in [-0.2, 0) is 6.54 Å². The topological polar surface area (TPSA) is 37.3 Å². The highest BCUT2D eigenvalue weighted by Gasteiger charge is 2.30. The normalized spacial score (nSPS) is 17.0. The number of hydrogen-bond acceptors (Lipinski definition) is 1. The molecule has 0 spiro atoms. The van der Waals surface area contributed by atoms with E-state index in [9.17, 15) is 13.6 Å². The first kappa shape index (κ1) is 15.5. The molecule has 1 aliphatic heterocycles. The van der Waals surface area contributed by atoms with Crippen molar-refractivity contribution in [1.82, 2.24) is 9.47 Å². The molecule has 3 rings (SSSR count). The van der Waals surface area contributed by atoms with Crippen LogP contribution in [0.5, 0.6) is 0 Å². The predicted molar refractivity (Wildman–Crippen MR) is 84.2 cm³/mol. The van der Waals surface area contributed by atoms with Crippen LogP contribution in [0.15, 0.2) is 36.5 Å². The van der Waals surface area contributed by atoms with Crippen LogP contribution in [0.3, 0.4) is 0 Å². The number of halogens is 2. The molecule has 2 heterocycles. The molecule has 23 heavy (non-hydrogen) atoms. The summed E-state index contributed by atoms with van der Waals surface area (Å²) in [6.45, 7) is 3.33. The molecule has 122 valence electrons. The monoisotopic (exact) mass is 319 g/mol. The number of carbonyl (C=O) groups excluding carboxylic acids is 1. The number of rotatable bonds is 3. The Bertz CT molecular complexity index is 714. The third kappa shape index (κ3) is 3.06. The Morgan fingerprint density at radius 3 is 2.87 bits per heavy atom. The zero-order valence-electron chi connectivity index (χ0n) is 12.9. The third-order valence-corrected chi connectivity index (χ3v) is 4.16. The minimum atomic E-state index is -0.772. The number of urea groups is 1. The van der Waals surface area contributed by atoms with E-state index in [1.165, 1.54) is 6.07 Å². The van der Waals surface area contributed by atoms with Gasteiger partial charge in [0.15, 0.2) is 0 Å². The molecule has 2 amide bonds. The van der Waals surface area contributed by atoms with Gasteiger partial charge in [-0.2, -0.15) is 0 Å². The average Bonchev–Trinajstić information content (AvgIpc) is 2.99. The first-order valence-corrected chi connectivity index (χ1v) is 7.78. The molecule has 6 heteroatoms. The van der Waals surface area contributed by atoms with Gasteiger partial charge < -0.3 is 14.8 Å². The summed E-state index contributed by atoms with van der Waals surface area (Å²) < 4.78 is 28.8. The number of amides is 2. The van der Waals surface area contributed by atoms with Gasteiger partial charge in [-0.05, 0) is 30.7 Å². The Labute approximate surface area is 133 Å². The second-order valence-electron chi connectivity index (χ2n) is 5.68. The lowest BCUT2D eigenvalue weighted by Crippen LogP contribution is -2.44. The molecule has 1 unspecified atom stereocenters. The summed E-state index contributed by atoms with van der Waals surface area (Å²) in [5, 5.41) is 2.55. The molecule has 1 aromatic heterocycles. The number of aromatic nitrogens is 1. The smallest absolute Gasteiger partial charge is 0.322 e.